The van der Waals surface area contributed by atoms with Gasteiger partial charge in [-0.3, -0.25) is 9.59 Å². The summed E-state index contributed by atoms with van der Waals surface area (Å²) in [6.07, 6.45) is 4.70. The van der Waals surface area contributed by atoms with Gasteiger partial charge < -0.3 is 21.3 Å². The molecule has 0 radical (unpaired) electrons. The maximum atomic E-state index is 12.0. The Morgan fingerprint density at radius 1 is 1.07 bits per heavy atom. The second-order valence-corrected chi connectivity index (χ2v) is 6.48. The van der Waals surface area contributed by atoms with Crippen LogP contribution in [-0.2, 0) is 16.1 Å². The van der Waals surface area contributed by atoms with E-state index in [1.165, 1.54) is 6.08 Å². The number of amides is 4. The first-order valence-corrected chi connectivity index (χ1v) is 9.03. The zero-order valence-electron chi connectivity index (χ0n) is 15.4. The zero-order valence-corrected chi connectivity index (χ0v) is 15.4. The number of nitrogens with one attached hydrogen (secondary N) is 2. The van der Waals surface area contributed by atoms with E-state index >= 15 is 0 Å². The number of carbonyl (C=O) groups excluding carboxylic acids is 3. The molecular formula is C21H22N4O3. The average molecular weight is 378 g/mol. The van der Waals surface area contributed by atoms with Crippen molar-refractivity contribution < 1.29 is 14.4 Å². The molecule has 1 fully saturated rings. The minimum atomic E-state index is -0.619. The lowest BCUT2D eigenvalue weighted by atomic mass is 10.1. The van der Waals surface area contributed by atoms with Crippen LogP contribution in [0.25, 0.3) is 6.08 Å². The summed E-state index contributed by atoms with van der Waals surface area (Å²) in [4.78, 5) is 36.3. The van der Waals surface area contributed by atoms with Gasteiger partial charge in [-0.2, -0.15) is 0 Å². The van der Waals surface area contributed by atoms with Crippen molar-refractivity contribution in [1.29, 1.82) is 0 Å². The lowest BCUT2D eigenvalue weighted by Crippen LogP contribution is -2.23. The van der Waals surface area contributed by atoms with Gasteiger partial charge >= 0.3 is 6.03 Å². The molecule has 0 unspecified atom stereocenters. The second-order valence-electron chi connectivity index (χ2n) is 6.48. The predicted octanol–water partition coefficient (Wildman–Crippen LogP) is 2.63. The fourth-order valence-electron chi connectivity index (χ4n) is 2.95. The summed E-state index contributed by atoms with van der Waals surface area (Å²) in [5.74, 6) is -0.0563. The number of anilines is 2. The molecule has 1 heterocycles. The van der Waals surface area contributed by atoms with Gasteiger partial charge in [-0.15, -0.1) is 0 Å². The molecule has 0 aliphatic carbocycles. The van der Waals surface area contributed by atoms with E-state index in [-0.39, 0.29) is 11.8 Å². The molecule has 0 aromatic heterocycles. The fourth-order valence-corrected chi connectivity index (χ4v) is 2.95. The van der Waals surface area contributed by atoms with E-state index in [9.17, 15) is 14.4 Å². The molecule has 4 amide bonds. The summed E-state index contributed by atoms with van der Waals surface area (Å²) in [6, 6.07) is 14.0. The summed E-state index contributed by atoms with van der Waals surface area (Å²) < 4.78 is 0. The van der Waals surface area contributed by atoms with Crippen LogP contribution in [0.15, 0.2) is 54.6 Å². The lowest BCUT2D eigenvalue weighted by molar-refractivity contribution is -0.117. The smallest absolute Gasteiger partial charge is 0.316 e. The molecule has 3 rings (SSSR count). The average Bonchev–Trinajstić information content (AvgIpc) is 3.12. The number of hydrogen-bond donors (Lipinski definition) is 3. The number of urea groups is 1. The number of benzene rings is 2. The van der Waals surface area contributed by atoms with E-state index in [0.29, 0.717) is 18.7 Å². The van der Waals surface area contributed by atoms with E-state index < -0.39 is 6.03 Å². The van der Waals surface area contributed by atoms with Crippen molar-refractivity contribution in [3.05, 3.63) is 65.7 Å². The normalized spacial score (nSPS) is 13.7. The molecular weight excluding hydrogens is 356 g/mol. The van der Waals surface area contributed by atoms with Gasteiger partial charge in [0.25, 0.3) is 0 Å². The van der Waals surface area contributed by atoms with Gasteiger partial charge in [0, 0.05) is 37.0 Å². The number of rotatable bonds is 6. The Hall–Kier alpha value is -3.61. The van der Waals surface area contributed by atoms with E-state index in [2.05, 4.69) is 10.6 Å². The summed E-state index contributed by atoms with van der Waals surface area (Å²) in [7, 11) is 0. The molecule has 1 aliphatic heterocycles. The highest BCUT2D eigenvalue weighted by atomic mass is 16.2. The highest BCUT2D eigenvalue weighted by Gasteiger charge is 2.21. The van der Waals surface area contributed by atoms with E-state index in [1.807, 2.05) is 24.3 Å². The van der Waals surface area contributed by atoms with Gasteiger partial charge in [-0.25, -0.2) is 4.79 Å². The molecule has 28 heavy (non-hydrogen) atoms. The Kier molecular flexibility index (Phi) is 6.06. The maximum absolute atomic E-state index is 12.0. The molecule has 7 nitrogen and oxygen atoms in total. The number of hydrogen-bond acceptors (Lipinski definition) is 3. The van der Waals surface area contributed by atoms with Crippen molar-refractivity contribution >= 4 is 35.3 Å². The number of carbonyl (C=O) groups is 3. The molecule has 2 aromatic rings. The molecule has 0 bridgehead atoms. The topological polar surface area (TPSA) is 105 Å². The fraction of sp³-hybridized carbons (Fsp3) is 0.190. The Labute approximate surface area is 163 Å². The van der Waals surface area contributed by atoms with Crippen molar-refractivity contribution in [2.24, 2.45) is 5.73 Å². The first kappa shape index (κ1) is 19.2. The third kappa shape index (κ3) is 5.20. The van der Waals surface area contributed by atoms with Gasteiger partial charge in [0.1, 0.15) is 0 Å². The van der Waals surface area contributed by atoms with Crippen LogP contribution in [0.3, 0.4) is 0 Å². The summed E-state index contributed by atoms with van der Waals surface area (Å²) in [5, 5.41) is 5.28. The van der Waals surface area contributed by atoms with Crippen LogP contribution in [0.2, 0.25) is 0 Å². The van der Waals surface area contributed by atoms with Crippen molar-refractivity contribution in [1.82, 2.24) is 5.32 Å². The number of nitrogens with two attached hydrogens (primary N) is 1. The minimum Gasteiger partial charge on any atom is -0.351 e. The van der Waals surface area contributed by atoms with E-state index in [4.69, 9.17) is 5.73 Å². The van der Waals surface area contributed by atoms with Crippen molar-refractivity contribution in [2.45, 2.75) is 19.4 Å². The van der Waals surface area contributed by atoms with Gasteiger partial charge in [0.05, 0.1) is 0 Å². The van der Waals surface area contributed by atoms with Crippen LogP contribution in [0, 0.1) is 0 Å². The molecule has 1 aliphatic rings. The Morgan fingerprint density at radius 2 is 1.79 bits per heavy atom. The van der Waals surface area contributed by atoms with Gasteiger partial charge in [-0.1, -0.05) is 24.3 Å². The largest absolute Gasteiger partial charge is 0.351 e. The summed E-state index contributed by atoms with van der Waals surface area (Å²) in [5.41, 5.74) is 8.32. The molecule has 0 atom stereocenters. The molecule has 4 N–H and O–H groups in total. The molecule has 0 saturated carbocycles. The molecule has 2 aromatic carbocycles. The van der Waals surface area contributed by atoms with Crippen molar-refractivity contribution in [3.8, 4) is 0 Å². The quantitative estimate of drug-likeness (QED) is 0.673. The van der Waals surface area contributed by atoms with Crippen LogP contribution in [-0.4, -0.2) is 24.4 Å². The summed E-state index contributed by atoms with van der Waals surface area (Å²) >= 11 is 0. The molecule has 7 heteroatoms. The van der Waals surface area contributed by atoms with Gasteiger partial charge in [0.15, 0.2) is 0 Å². The standard InChI is InChI=1S/C21H22N4O3/c22-21(28)24-17-8-3-16(4-9-17)14-23-19(26)12-7-15-5-10-18(11-6-15)25-13-1-2-20(25)27/h3-12H,1-2,13-14H2,(H,23,26)(H3,22,24,28)/b12-7+. The van der Waals surface area contributed by atoms with Gasteiger partial charge in [0.2, 0.25) is 11.8 Å². The number of primary amides is 1. The maximum Gasteiger partial charge on any atom is 0.316 e. The third-order valence-corrected chi connectivity index (χ3v) is 4.39. The van der Waals surface area contributed by atoms with Crippen LogP contribution in [0.4, 0.5) is 16.2 Å². The zero-order chi connectivity index (χ0) is 19.9. The predicted molar refractivity (Wildman–Crippen MR) is 109 cm³/mol. The van der Waals surface area contributed by atoms with Crippen LogP contribution >= 0.6 is 0 Å². The highest BCUT2D eigenvalue weighted by molar-refractivity contribution is 5.95. The van der Waals surface area contributed by atoms with Crippen molar-refractivity contribution in [2.75, 3.05) is 16.8 Å². The first-order chi connectivity index (χ1) is 13.5. The monoisotopic (exact) mass is 378 g/mol. The van der Waals surface area contributed by atoms with Crippen LogP contribution < -0.4 is 21.3 Å². The Morgan fingerprint density at radius 3 is 2.39 bits per heavy atom. The highest BCUT2D eigenvalue weighted by Crippen LogP contribution is 2.21. The SMILES string of the molecule is NC(=O)Nc1ccc(CNC(=O)/C=C/c2ccc(N3CCCC3=O)cc2)cc1. The van der Waals surface area contributed by atoms with Crippen LogP contribution in [0.1, 0.15) is 24.0 Å². The van der Waals surface area contributed by atoms with Crippen molar-refractivity contribution in [3.63, 3.8) is 0 Å². The van der Waals surface area contributed by atoms with E-state index in [0.717, 1.165) is 29.8 Å². The Balaban J connectivity index is 1.49. The summed E-state index contributed by atoms with van der Waals surface area (Å²) in [6.45, 7) is 1.13. The minimum absolute atomic E-state index is 0.154. The van der Waals surface area contributed by atoms with Gasteiger partial charge in [-0.05, 0) is 47.9 Å². The molecule has 1 saturated heterocycles. The first-order valence-electron chi connectivity index (χ1n) is 9.03. The third-order valence-electron chi connectivity index (χ3n) is 4.39. The molecule has 144 valence electrons. The molecule has 0 spiro atoms. The van der Waals surface area contributed by atoms with E-state index in [1.54, 1.807) is 35.2 Å². The Bertz CT molecular complexity index is 889. The lowest BCUT2D eigenvalue weighted by Gasteiger charge is -2.15. The second kappa shape index (κ2) is 8.85. The van der Waals surface area contributed by atoms with Crippen LogP contribution in [0.5, 0.6) is 0 Å². The number of nitrogens with zero attached hydrogens (tertiary/aromatic N) is 1.